The van der Waals surface area contributed by atoms with Crippen molar-refractivity contribution in [3.63, 3.8) is 0 Å². The van der Waals surface area contributed by atoms with Crippen molar-refractivity contribution in [3.05, 3.63) is 0 Å². The molecule has 6 heteroatoms. The third kappa shape index (κ3) is 2.70. The van der Waals surface area contributed by atoms with Crippen LogP contribution in [0.15, 0.2) is 0 Å². The van der Waals surface area contributed by atoms with Gasteiger partial charge in [-0.2, -0.15) is 0 Å². The van der Waals surface area contributed by atoms with Crippen molar-refractivity contribution in [1.29, 1.82) is 0 Å². The van der Waals surface area contributed by atoms with E-state index < -0.39 is 16.9 Å². The number of ether oxygens (including phenoxy) is 1. The van der Waals surface area contributed by atoms with Crippen molar-refractivity contribution in [2.24, 2.45) is 16.9 Å². The highest BCUT2D eigenvalue weighted by Gasteiger charge is 2.39. The Balaban J connectivity index is 2.50. The molecule has 0 aromatic heterocycles. The fourth-order valence-corrected chi connectivity index (χ4v) is 1.32. The Kier molecular flexibility index (Phi) is 3.54. The summed E-state index contributed by atoms with van der Waals surface area (Å²) in [6, 6.07) is 0. The number of primary amides is 1. The normalized spacial score (nSPS) is 25.4. The van der Waals surface area contributed by atoms with Gasteiger partial charge >= 0.3 is 0 Å². The summed E-state index contributed by atoms with van der Waals surface area (Å²) in [5, 5.41) is 2.64. The van der Waals surface area contributed by atoms with Crippen LogP contribution in [0.4, 0.5) is 0 Å². The molecule has 1 rings (SSSR count). The van der Waals surface area contributed by atoms with E-state index in [1.165, 1.54) is 0 Å². The van der Waals surface area contributed by atoms with Crippen LogP contribution in [-0.2, 0) is 14.3 Å². The number of nitrogens with two attached hydrogens (primary N) is 2. The van der Waals surface area contributed by atoms with Gasteiger partial charge in [-0.3, -0.25) is 9.59 Å². The molecule has 0 spiro atoms. The second-order valence-electron chi connectivity index (χ2n) is 4.89. The fraction of sp³-hybridized carbons (Fsp3) is 0.800. The molecule has 0 radical (unpaired) electrons. The molecule has 1 saturated heterocycles. The Hall–Kier alpha value is -1.14. The molecule has 1 aliphatic heterocycles. The Labute approximate surface area is 94.7 Å². The van der Waals surface area contributed by atoms with Crippen molar-refractivity contribution in [2.75, 3.05) is 19.8 Å². The molecule has 92 valence electrons. The van der Waals surface area contributed by atoms with E-state index >= 15 is 0 Å². The topological polar surface area (TPSA) is 107 Å². The predicted molar refractivity (Wildman–Crippen MR) is 58.3 cm³/mol. The average molecular weight is 229 g/mol. The summed E-state index contributed by atoms with van der Waals surface area (Å²) >= 11 is 0. The monoisotopic (exact) mass is 229 g/mol. The van der Waals surface area contributed by atoms with Gasteiger partial charge in [-0.15, -0.1) is 0 Å². The predicted octanol–water partition coefficient (Wildman–Crippen LogP) is -1.27. The first-order valence-corrected chi connectivity index (χ1v) is 5.23. The molecule has 1 unspecified atom stereocenters. The minimum atomic E-state index is -0.965. The Morgan fingerprint density at radius 3 is 2.56 bits per heavy atom. The molecule has 6 nitrogen and oxygen atoms in total. The van der Waals surface area contributed by atoms with E-state index in [4.69, 9.17) is 16.2 Å². The molecule has 0 saturated carbocycles. The maximum Gasteiger partial charge on any atom is 0.242 e. The van der Waals surface area contributed by atoms with E-state index in [1.807, 2.05) is 0 Å². The van der Waals surface area contributed by atoms with Crippen LogP contribution in [0, 0.1) is 5.41 Å². The molecule has 1 atom stereocenters. The van der Waals surface area contributed by atoms with Gasteiger partial charge in [0, 0.05) is 13.2 Å². The zero-order valence-electron chi connectivity index (χ0n) is 9.71. The number of amides is 2. The van der Waals surface area contributed by atoms with E-state index in [9.17, 15) is 9.59 Å². The first-order valence-electron chi connectivity index (χ1n) is 5.23. The van der Waals surface area contributed by atoms with Gasteiger partial charge in [0.2, 0.25) is 11.8 Å². The summed E-state index contributed by atoms with van der Waals surface area (Å²) in [6.07, 6.45) is 0.496. The van der Waals surface area contributed by atoms with Crippen molar-refractivity contribution < 1.29 is 14.3 Å². The minimum absolute atomic E-state index is 0.181. The number of hydrogen-bond acceptors (Lipinski definition) is 4. The van der Waals surface area contributed by atoms with Crippen LogP contribution < -0.4 is 16.8 Å². The van der Waals surface area contributed by atoms with Gasteiger partial charge in [0.05, 0.1) is 12.0 Å². The second kappa shape index (κ2) is 4.39. The van der Waals surface area contributed by atoms with Gasteiger partial charge in [0.25, 0.3) is 0 Å². The summed E-state index contributed by atoms with van der Waals surface area (Å²) in [7, 11) is 0. The molecule has 0 aromatic rings. The Morgan fingerprint density at radius 2 is 2.12 bits per heavy atom. The van der Waals surface area contributed by atoms with Gasteiger partial charge in [-0.25, -0.2) is 0 Å². The lowest BCUT2D eigenvalue weighted by molar-refractivity contribution is -0.129. The lowest BCUT2D eigenvalue weighted by Gasteiger charge is -2.25. The van der Waals surface area contributed by atoms with Crippen molar-refractivity contribution in [2.45, 2.75) is 25.8 Å². The minimum Gasteiger partial charge on any atom is -0.379 e. The van der Waals surface area contributed by atoms with E-state index in [2.05, 4.69) is 5.32 Å². The number of rotatable bonds is 4. The summed E-state index contributed by atoms with van der Waals surface area (Å²) in [5.74, 6) is -0.749. The molecule has 16 heavy (non-hydrogen) atoms. The molecule has 0 aromatic carbocycles. The van der Waals surface area contributed by atoms with Crippen LogP contribution in [0.25, 0.3) is 0 Å². The van der Waals surface area contributed by atoms with E-state index in [0.29, 0.717) is 13.0 Å². The molecular formula is C10H19N3O3. The van der Waals surface area contributed by atoms with E-state index in [-0.39, 0.29) is 19.1 Å². The van der Waals surface area contributed by atoms with Gasteiger partial charge in [-0.1, -0.05) is 0 Å². The van der Waals surface area contributed by atoms with Crippen molar-refractivity contribution in [1.82, 2.24) is 5.32 Å². The molecule has 1 aliphatic rings. The van der Waals surface area contributed by atoms with Crippen LogP contribution >= 0.6 is 0 Å². The SMILES string of the molecule is CC(C)(CNC(=O)C1(N)CCOC1)C(N)=O. The summed E-state index contributed by atoms with van der Waals surface area (Å²) in [4.78, 5) is 22.8. The number of hydrogen-bond donors (Lipinski definition) is 3. The average Bonchev–Trinajstić information content (AvgIpc) is 2.62. The number of carbonyl (C=O) groups is 2. The Bertz CT molecular complexity index is 296. The maximum absolute atomic E-state index is 11.8. The molecule has 1 heterocycles. The highest BCUT2D eigenvalue weighted by atomic mass is 16.5. The number of nitrogens with one attached hydrogen (secondary N) is 1. The van der Waals surface area contributed by atoms with Gasteiger partial charge in [-0.05, 0) is 20.3 Å². The lowest BCUT2D eigenvalue weighted by atomic mass is 9.91. The van der Waals surface area contributed by atoms with Crippen LogP contribution in [0.3, 0.4) is 0 Å². The van der Waals surface area contributed by atoms with Crippen LogP contribution in [0.2, 0.25) is 0 Å². The molecule has 5 N–H and O–H groups in total. The number of carbonyl (C=O) groups excluding carboxylic acids is 2. The first-order chi connectivity index (χ1) is 7.28. The largest absolute Gasteiger partial charge is 0.379 e. The summed E-state index contributed by atoms with van der Waals surface area (Å²) in [5.41, 5.74) is 9.31. The molecule has 2 amide bonds. The van der Waals surface area contributed by atoms with Crippen molar-refractivity contribution >= 4 is 11.8 Å². The van der Waals surface area contributed by atoms with E-state index in [1.54, 1.807) is 13.8 Å². The third-order valence-corrected chi connectivity index (χ3v) is 2.86. The van der Waals surface area contributed by atoms with Gasteiger partial charge in [0.1, 0.15) is 5.54 Å². The Morgan fingerprint density at radius 1 is 1.50 bits per heavy atom. The maximum atomic E-state index is 11.8. The second-order valence-corrected chi connectivity index (χ2v) is 4.89. The lowest BCUT2D eigenvalue weighted by Crippen LogP contribution is -2.56. The van der Waals surface area contributed by atoms with Crippen LogP contribution in [0.1, 0.15) is 20.3 Å². The van der Waals surface area contributed by atoms with Gasteiger partial charge < -0.3 is 21.5 Å². The standard InChI is InChI=1S/C10H19N3O3/c1-9(2,7(11)14)5-13-8(15)10(12)3-4-16-6-10/h3-6,12H2,1-2H3,(H2,11,14)(H,13,15). The van der Waals surface area contributed by atoms with Crippen LogP contribution in [0.5, 0.6) is 0 Å². The summed E-state index contributed by atoms with van der Waals surface area (Å²) < 4.78 is 5.08. The zero-order valence-corrected chi connectivity index (χ0v) is 9.71. The van der Waals surface area contributed by atoms with Crippen molar-refractivity contribution in [3.8, 4) is 0 Å². The fourth-order valence-electron chi connectivity index (χ4n) is 1.32. The van der Waals surface area contributed by atoms with E-state index in [0.717, 1.165) is 0 Å². The smallest absolute Gasteiger partial charge is 0.242 e. The van der Waals surface area contributed by atoms with Gasteiger partial charge in [0.15, 0.2) is 0 Å². The quantitative estimate of drug-likeness (QED) is 0.558. The highest BCUT2D eigenvalue weighted by molar-refractivity contribution is 5.87. The first kappa shape index (κ1) is 12.9. The van der Waals surface area contributed by atoms with Crippen LogP contribution in [-0.4, -0.2) is 37.1 Å². The third-order valence-electron chi connectivity index (χ3n) is 2.86. The summed E-state index contributed by atoms with van der Waals surface area (Å²) in [6.45, 7) is 4.23. The molecule has 0 bridgehead atoms. The molecule has 0 aliphatic carbocycles. The molecule has 1 fully saturated rings. The highest BCUT2D eigenvalue weighted by Crippen LogP contribution is 2.17. The zero-order chi connectivity index (χ0) is 12.4. The molecular weight excluding hydrogens is 210 g/mol.